The Bertz CT molecular complexity index is 828. The minimum absolute atomic E-state index is 0.00199. The Morgan fingerprint density at radius 1 is 1.08 bits per heavy atom. The summed E-state index contributed by atoms with van der Waals surface area (Å²) >= 11 is 0. The molecule has 0 aliphatic heterocycles. The molecule has 0 radical (unpaired) electrons. The Hall–Kier alpha value is -1.03. The largest absolute Gasteiger partial charge is 0.444 e. The maximum absolute atomic E-state index is 13.0. The van der Waals surface area contributed by atoms with Gasteiger partial charge in [-0.2, -0.15) is 0 Å². The van der Waals surface area contributed by atoms with Gasteiger partial charge in [0.05, 0.1) is 12.1 Å². The fraction of sp³-hybridized carbons (Fsp3) is 0.906. The molecule has 4 aliphatic rings. The molecule has 4 heteroatoms. The lowest BCUT2D eigenvalue weighted by Gasteiger charge is -2.60. The molecule has 0 heterocycles. The number of fused-ring (bicyclic) bond motifs is 5. The third-order valence-corrected chi connectivity index (χ3v) is 11.0. The zero-order valence-corrected chi connectivity index (χ0v) is 24.5. The fourth-order valence-electron chi connectivity index (χ4n) is 9.27. The first-order chi connectivity index (χ1) is 16.7. The third-order valence-electron chi connectivity index (χ3n) is 11.0. The van der Waals surface area contributed by atoms with Crippen LogP contribution in [0, 0.1) is 46.3 Å². The van der Waals surface area contributed by atoms with E-state index in [2.05, 4.69) is 46.0 Å². The van der Waals surface area contributed by atoms with Crippen LogP contribution in [0.3, 0.4) is 0 Å². The molecule has 1 amide bonds. The van der Waals surface area contributed by atoms with E-state index in [1.54, 1.807) is 0 Å². The van der Waals surface area contributed by atoms with E-state index in [4.69, 9.17) is 4.74 Å². The molecule has 0 bridgehead atoms. The Balaban J connectivity index is 1.61. The molecule has 2 N–H and O–H groups in total. The van der Waals surface area contributed by atoms with Gasteiger partial charge in [-0.3, -0.25) is 0 Å². The predicted octanol–water partition coefficient (Wildman–Crippen LogP) is 7.89. The van der Waals surface area contributed by atoms with E-state index in [1.807, 2.05) is 20.8 Å². The second-order valence-corrected chi connectivity index (χ2v) is 15.0. The van der Waals surface area contributed by atoms with E-state index < -0.39 is 5.60 Å². The topological polar surface area (TPSA) is 58.6 Å². The van der Waals surface area contributed by atoms with Crippen molar-refractivity contribution in [2.24, 2.45) is 46.3 Å². The van der Waals surface area contributed by atoms with Crippen LogP contribution in [0.2, 0.25) is 0 Å². The van der Waals surface area contributed by atoms with Crippen molar-refractivity contribution >= 4 is 6.09 Å². The van der Waals surface area contributed by atoms with Gasteiger partial charge >= 0.3 is 6.09 Å². The van der Waals surface area contributed by atoms with Crippen LogP contribution in [-0.2, 0) is 4.74 Å². The summed E-state index contributed by atoms with van der Waals surface area (Å²) in [5.41, 5.74) is 1.37. The monoisotopic (exact) mass is 501 g/mol. The highest BCUT2D eigenvalue weighted by atomic mass is 16.6. The zero-order chi connectivity index (χ0) is 26.5. The number of carbonyl (C=O) groups excluding carboxylic acids is 1. The van der Waals surface area contributed by atoms with E-state index in [1.165, 1.54) is 50.5 Å². The summed E-state index contributed by atoms with van der Waals surface area (Å²) in [6, 6.07) is -0.00199. The van der Waals surface area contributed by atoms with Gasteiger partial charge in [0, 0.05) is 0 Å². The number of carbonyl (C=O) groups is 1. The number of aliphatic hydroxyl groups excluding tert-OH is 1. The Labute approximate surface area is 221 Å². The van der Waals surface area contributed by atoms with E-state index in [-0.39, 0.29) is 23.7 Å². The van der Waals surface area contributed by atoms with Crippen molar-refractivity contribution in [2.75, 3.05) is 0 Å². The molecule has 4 nitrogen and oxygen atoms in total. The van der Waals surface area contributed by atoms with Gasteiger partial charge in [0.15, 0.2) is 0 Å². The fourth-order valence-corrected chi connectivity index (χ4v) is 9.27. The highest BCUT2D eigenvalue weighted by molar-refractivity contribution is 5.68. The van der Waals surface area contributed by atoms with Gasteiger partial charge in [-0.05, 0) is 112 Å². The maximum Gasteiger partial charge on any atom is 0.408 e. The number of aliphatic hydroxyl groups is 1. The molecule has 3 fully saturated rings. The van der Waals surface area contributed by atoms with Crippen LogP contribution in [0.5, 0.6) is 0 Å². The van der Waals surface area contributed by atoms with Crippen LogP contribution < -0.4 is 5.32 Å². The molecular weight excluding hydrogens is 446 g/mol. The first-order valence-corrected chi connectivity index (χ1v) is 15.1. The summed E-state index contributed by atoms with van der Waals surface area (Å²) in [6.45, 7) is 18.1. The highest BCUT2D eigenvalue weighted by Crippen LogP contribution is 2.67. The van der Waals surface area contributed by atoms with Crippen molar-refractivity contribution in [1.82, 2.24) is 5.32 Å². The Kier molecular flexibility index (Phi) is 7.98. The average molecular weight is 502 g/mol. The van der Waals surface area contributed by atoms with Crippen LogP contribution in [0.4, 0.5) is 4.79 Å². The molecule has 0 spiro atoms. The van der Waals surface area contributed by atoms with E-state index in [0.717, 1.165) is 37.0 Å². The van der Waals surface area contributed by atoms with Gasteiger partial charge in [0.1, 0.15) is 5.60 Å². The minimum atomic E-state index is -0.508. The number of alkyl carbamates (subject to hydrolysis) is 1. The standard InChI is InChI=1S/C32H55NO3/c1-20(2)10-9-11-21(3)24-12-13-25-28-26(15-17-32(24,25)8)31(7)16-14-23(34)18-22(31)19-27(28)33-29(35)36-30(4,5)6/h19-21,23-28,34H,9-18H2,1-8H3,(H,33,35)/t21-,23+,24-,25+,26+,27-,28+,31+,32-/m1/s1. The lowest BCUT2D eigenvalue weighted by atomic mass is 9.46. The molecule has 9 atom stereocenters. The van der Waals surface area contributed by atoms with Crippen molar-refractivity contribution in [1.29, 1.82) is 0 Å². The predicted molar refractivity (Wildman–Crippen MR) is 148 cm³/mol. The Morgan fingerprint density at radius 3 is 2.47 bits per heavy atom. The molecule has 36 heavy (non-hydrogen) atoms. The number of hydrogen-bond acceptors (Lipinski definition) is 3. The third kappa shape index (κ3) is 5.40. The highest BCUT2D eigenvalue weighted by Gasteiger charge is 2.61. The summed E-state index contributed by atoms with van der Waals surface area (Å²) < 4.78 is 5.73. The SMILES string of the molecule is CC(C)CCC[C@@H](C)[C@H]1CC[C@H]2[C@@H]3[C@H](NC(=O)OC(C)(C)C)C=C4C[C@@H](O)CC[C@]4(C)[C@H]3CC[C@]12C. The van der Waals surface area contributed by atoms with Crippen LogP contribution >= 0.6 is 0 Å². The van der Waals surface area contributed by atoms with Crippen molar-refractivity contribution in [3.05, 3.63) is 11.6 Å². The molecule has 206 valence electrons. The molecule has 0 saturated heterocycles. The van der Waals surface area contributed by atoms with Crippen LogP contribution in [0.25, 0.3) is 0 Å². The van der Waals surface area contributed by atoms with E-state index in [0.29, 0.717) is 23.2 Å². The Morgan fingerprint density at radius 2 is 1.81 bits per heavy atom. The van der Waals surface area contributed by atoms with Crippen LogP contribution in [-0.4, -0.2) is 28.9 Å². The molecule has 4 aliphatic carbocycles. The van der Waals surface area contributed by atoms with Gasteiger partial charge in [-0.1, -0.05) is 65.5 Å². The quantitative estimate of drug-likeness (QED) is 0.364. The summed E-state index contributed by atoms with van der Waals surface area (Å²) in [6.07, 6.45) is 13.7. The van der Waals surface area contributed by atoms with Crippen molar-refractivity contribution in [2.45, 2.75) is 137 Å². The van der Waals surface area contributed by atoms with Gasteiger partial charge in [0.25, 0.3) is 0 Å². The second-order valence-electron chi connectivity index (χ2n) is 15.0. The molecule has 4 rings (SSSR count). The van der Waals surface area contributed by atoms with Crippen LogP contribution in [0.1, 0.15) is 120 Å². The van der Waals surface area contributed by atoms with Gasteiger partial charge in [0.2, 0.25) is 0 Å². The van der Waals surface area contributed by atoms with Crippen molar-refractivity contribution < 1.29 is 14.6 Å². The van der Waals surface area contributed by atoms with Crippen molar-refractivity contribution in [3.63, 3.8) is 0 Å². The van der Waals surface area contributed by atoms with E-state index in [9.17, 15) is 9.90 Å². The first kappa shape index (κ1) is 28.0. The smallest absolute Gasteiger partial charge is 0.408 e. The summed E-state index contributed by atoms with van der Waals surface area (Å²) in [7, 11) is 0. The molecule has 0 aromatic rings. The second kappa shape index (κ2) is 10.3. The van der Waals surface area contributed by atoms with Gasteiger partial charge in [-0.25, -0.2) is 4.79 Å². The molecule has 0 aromatic heterocycles. The number of nitrogens with one attached hydrogen (secondary N) is 1. The lowest BCUT2D eigenvalue weighted by Crippen LogP contribution is -2.58. The number of rotatable bonds is 6. The lowest BCUT2D eigenvalue weighted by molar-refractivity contribution is -0.0680. The summed E-state index contributed by atoms with van der Waals surface area (Å²) in [5, 5.41) is 13.9. The van der Waals surface area contributed by atoms with E-state index >= 15 is 0 Å². The average Bonchev–Trinajstić information content (AvgIpc) is 3.10. The zero-order valence-electron chi connectivity index (χ0n) is 24.5. The van der Waals surface area contributed by atoms with Gasteiger partial charge in [-0.15, -0.1) is 0 Å². The number of amides is 1. The summed E-state index contributed by atoms with van der Waals surface area (Å²) in [5.74, 6) is 3.99. The molecule has 3 saturated carbocycles. The molecule has 0 aromatic carbocycles. The normalized spacial score (nSPS) is 41.1. The summed E-state index contributed by atoms with van der Waals surface area (Å²) in [4.78, 5) is 13.0. The number of hydrogen-bond donors (Lipinski definition) is 2. The van der Waals surface area contributed by atoms with Crippen LogP contribution in [0.15, 0.2) is 11.6 Å². The molecular formula is C32H55NO3. The van der Waals surface area contributed by atoms with Crippen molar-refractivity contribution in [3.8, 4) is 0 Å². The van der Waals surface area contributed by atoms with Gasteiger partial charge < -0.3 is 15.2 Å². The molecule has 0 unspecified atom stereocenters. The minimum Gasteiger partial charge on any atom is -0.444 e. The maximum atomic E-state index is 13.0. The number of ether oxygens (including phenoxy) is 1. The first-order valence-electron chi connectivity index (χ1n) is 15.1.